The van der Waals surface area contributed by atoms with Gasteiger partial charge in [-0.1, -0.05) is 19.9 Å². The van der Waals surface area contributed by atoms with E-state index < -0.39 is 11.6 Å². The van der Waals surface area contributed by atoms with Crippen LogP contribution in [-0.4, -0.2) is 40.1 Å². The van der Waals surface area contributed by atoms with Crippen LogP contribution in [0.25, 0.3) is 0 Å². The number of H-pyrrole nitrogens is 1. The molecule has 0 unspecified atom stereocenters. The molecule has 3 rings (SSSR count). The van der Waals surface area contributed by atoms with E-state index in [1.807, 2.05) is 13.8 Å². The number of amides is 1. The summed E-state index contributed by atoms with van der Waals surface area (Å²) >= 11 is 3.45. The van der Waals surface area contributed by atoms with E-state index in [0.29, 0.717) is 16.7 Å². The van der Waals surface area contributed by atoms with Crippen LogP contribution >= 0.6 is 15.9 Å². The van der Waals surface area contributed by atoms with Crippen LogP contribution in [0.5, 0.6) is 0 Å². The number of nitrogens with zero attached hydrogens (tertiary/aromatic N) is 2. The Morgan fingerprint density at radius 2 is 2.04 bits per heavy atom. The number of aromatic amines is 1. The van der Waals surface area contributed by atoms with Gasteiger partial charge in [0.2, 0.25) is 0 Å². The van der Waals surface area contributed by atoms with Gasteiger partial charge in [0, 0.05) is 25.7 Å². The van der Waals surface area contributed by atoms with Crippen molar-refractivity contribution >= 4 is 21.8 Å². The van der Waals surface area contributed by atoms with E-state index in [0.717, 1.165) is 43.3 Å². The van der Waals surface area contributed by atoms with Gasteiger partial charge in [-0.05, 0) is 52.4 Å². The Bertz CT molecular complexity index is 816. The summed E-state index contributed by atoms with van der Waals surface area (Å²) in [7, 11) is 0. The largest absolute Gasteiger partial charge is 0.348 e. The smallest absolute Gasteiger partial charge is 0.273 e. The van der Waals surface area contributed by atoms with Gasteiger partial charge in [-0.2, -0.15) is 5.10 Å². The number of carbonyl (C=O) groups excluding carboxylic acids is 1. The van der Waals surface area contributed by atoms with Crippen LogP contribution < -0.4 is 5.32 Å². The maximum Gasteiger partial charge on any atom is 0.273 e. The first-order chi connectivity index (χ1) is 12.8. The number of likely N-dealkylation sites (tertiary alicyclic amines) is 1. The predicted molar refractivity (Wildman–Crippen MR) is 102 cm³/mol. The van der Waals surface area contributed by atoms with E-state index in [4.69, 9.17) is 0 Å². The van der Waals surface area contributed by atoms with Crippen molar-refractivity contribution in [2.75, 3.05) is 13.1 Å². The summed E-state index contributed by atoms with van der Waals surface area (Å²) in [4.78, 5) is 14.7. The van der Waals surface area contributed by atoms with Gasteiger partial charge in [0.05, 0.1) is 10.2 Å². The molecule has 1 aromatic heterocycles. The minimum atomic E-state index is -0.828. The number of hydrogen-bond donors (Lipinski definition) is 2. The van der Waals surface area contributed by atoms with E-state index in [-0.39, 0.29) is 17.9 Å². The zero-order valence-electron chi connectivity index (χ0n) is 15.4. The molecule has 0 saturated carbocycles. The Morgan fingerprint density at radius 3 is 2.63 bits per heavy atom. The Morgan fingerprint density at radius 1 is 1.33 bits per heavy atom. The van der Waals surface area contributed by atoms with Gasteiger partial charge in [0.25, 0.3) is 5.91 Å². The second-order valence-electron chi connectivity index (χ2n) is 7.23. The van der Waals surface area contributed by atoms with Crippen LogP contribution in [0.3, 0.4) is 0 Å². The maximum absolute atomic E-state index is 13.3. The van der Waals surface area contributed by atoms with Crippen molar-refractivity contribution in [3.05, 3.63) is 51.3 Å². The molecule has 1 saturated heterocycles. The van der Waals surface area contributed by atoms with Gasteiger partial charge in [0.15, 0.2) is 17.3 Å². The molecule has 0 radical (unpaired) electrons. The molecule has 1 aliphatic heterocycles. The van der Waals surface area contributed by atoms with Gasteiger partial charge in [-0.25, -0.2) is 8.78 Å². The highest BCUT2D eigenvalue weighted by Gasteiger charge is 2.24. The van der Waals surface area contributed by atoms with Crippen molar-refractivity contribution in [1.29, 1.82) is 0 Å². The molecule has 8 heteroatoms. The average Bonchev–Trinajstić information content (AvgIpc) is 3.02. The van der Waals surface area contributed by atoms with Crippen LogP contribution in [0.4, 0.5) is 8.78 Å². The van der Waals surface area contributed by atoms with E-state index in [2.05, 4.69) is 36.3 Å². The lowest BCUT2D eigenvalue weighted by Gasteiger charge is -2.32. The van der Waals surface area contributed by atoms with Crippen LogP contribution in [0.15, 0.2) is 22.7 Å². The molecule has 27 heavy (non-hydrogen) atoms. The van der Waals surface area contributed by atoms with Gasteiger partial charge >= 0.3 is 0 Å². The fraction of sp³-hybridized carbons (Fsp3) is 0.474. The average molecular weight is 441 g/mol. The topological polar surface area (TPSA) is 61.0 Å². The van der Waals surface area contributed by atoms with E-state index in [9.17, 15) is 13.6 Å². The quantitative estimate of drug-likeness (QED) is 0.739. The first-order valence-electron chi connectivity index (χ1n) is 9.06. The molecular formula is C19H23BrF2N4O. The van der Waals surface area contributed by atoms with Crippen molar-refractivity contribution in [3.8, 4) is 0 Å². The molecule has 1 aromatic carbocycles. The highest BCUT2D eigenvalue weighted by molar-refractivity contribution is 9.10. The number of aromatic nitrogens is 2. The number of benzene rings is 1. The summed E-state index contributed by atoms with van der Waals surface area (Å²) in [6.07, 6.45) is 1.60. The van der Waals surface area contributed by atoms with Crippen molar-refractivity contribution in [3.63, 3.8) is 0 Å². The molecule has 2 aromatic rings. The van der Waals surface area contributed by atoms with Gasteiger partial charge < -0.3 is 5.32 Å². The fourth-order valence-corrected chi connectivity index (χ4v) is 4.08. The summed E-state index contributed by atoms with van der Waals surface area (Å²) in [5, 5.41) is 10.1. The fourth-order valence-electron chi connectivity index (χ4n) is 3.26. The summed E-state index contributed by atoms with van der Waals surface area (Å²) in [5.74, 6) is -1.60. The lowest BCUT2D eigenvalue weighted by Crippen LogP contribution is -2.44. The molecule has 0 bridgehead atoms. The molecule has 0 atom stereocenters. The molecular weight excluding hydrogens is 418 g/mol. The standard InChI is InChI=1S/C19H23BrF2N4O/c1-11(2)17-16(20)18(25-24-17)19(27)23-13-5-7-26(8-6-13)10-12-3-4-14(21)15(22)9-12/h3-4,9,11,13H,5-8,10H2,1-2H3,(H,23,27)(H,24,25). The maximum atomic E-state index is 13.3. The summed E-state index contributed by atoms with van der Waals surface area (Å²) in [6.45, 7) is 6.19. The van der Waals surface area contributed by atoms with E-state index in [1.54, 1.807) is 6.07 Å². The number of rotatable bonds is 5. The first kappa shape index (κ1) is 19.9. The molecule has 5 nitrogen and oxygen atoms in total. The van der Waals surface area contributed by atoms with Crippen molar-refractivity contribution in [2.45, 2.75) is 45.2 Å². The summed E-state index contributed by atoms with van der Waals surface area (Å²) in [6, 6.07) is 4.08. The zero-order valence-corrected chi connectivity index (χ0v) is 16.9. The number of nitrogens with one attached hydrogen (secondary N) is 2. The van der Waals surface area contributed by atoms with Crippen LogP contribution in [0.1, 0.15) is 54.4 Å². The second kappa shape index (κ2) is 8.48. The van der Waals surface area contributed by atoms with Gasteiger partial charge in [-0.3, -0.25) is 14.8 Å². The SMILES string of the molecule is CC(C)c1[nH]nc(C(=O)NC2CCN(Cc3ccc(F)c(F)c3)CC2)c1Br. The molecule has 146 valence electrons. The van der Waals surface area contributed by atoms with E-state index >= 15 is 0 Å². The monoisotopic (exact) mass is 440 g/mol. The predicted octanol–water partition coefficient (Wildman–Crippen LogP) is 3.97. The van der Waals surface area contributed by atoms with Crippen LogP contribution in [0, 0.1) is 11.6 Å². The molecule has 1 fully saturated rings. The van der Waals surface area contributed by atoms with E-state index in [1.165, 1.54) is 6.07 Å². The number of hydrogen-bond acceptors (Lipinski definition) is 3. The van der Waals surface area contributed by atoms with Crippen LogP contribution in [-0.2, 0) is 6.54 Å². The molecule has 0 aliphatic carbocycles. The minimum Gasteiger partial charge on any atom is -0.348 e. The number of piperidine rings is 1. The molecule has 0 spiro atoms. The van der Waals surface area contributed by atoms with Crippen molar-refractivity contribution in [2.24, 2.45) is 0 Å². The van der Waals surface area contributed by atoms with Crippen LogP contribution in [0.2, 0.25) is 0 Å². The lowest BCUT2D eigenvalue weighted by molar-refractivity contribution is 0.0903. The highest BCUT2D eigenvalue weighted by atomic mass is 79.9. The Balaban J connectivity index is 1.52. The summed E-state index contributed by atoms with van der Waals surface area (Å²) < 4.78 is 27.1. The third-order valence-electron chi connectivity index (χ3n) is 4.84. The summed E-state index contributed by atoms with van der Waals surface area (Å²) in [5.41, 5.74) is 2.03. The third-order valence-corrected chi connectivity index (χ3v) is 5.64. The Kier molecular flexibility index (Phi) is 6.26. The normalized spacial score (nSPS) is 16.1. The van der Waals surface area contributed by atoms with Gasteiger partial charge in [0.1, 0.15) is 0 Å². The molecule has 2 N–H and O–H groups in total. The Hall–Kier alpha value is -1.80. The highest BCUT2D eigenvalue weighted by Crippen LogP contribution is 2.26. The zero-order chi connectivity index (χ0) is 19.6. The third kappa shape index (κ3) is 4.73. The number of halogens is 3. The van der Waals surface area contributed by atoms with Crippen molar-refractivity contribution in [1.82, 2.24) is 20.4 Å². The Labute approximate surface area is 165 Å². The minimum absolute atomic E-state index is 0.0739. The first-order valence-corrected chi connectivity index (χ1v) is 9.85. The van der Waals surface area contributed by atoms with Crippen molar-refractivity contribution < 1.29 is 13.6 Å². The molecule has 2 heterocycles. The second-order valence-corrected chi connectivity index (χ2v) is 8.02. The lowest BCUT2D eigenvalue weighted by atomic mass is 10.0. The molecule has 1 aliphatic rings. The number of carbonyl (C=O) groups is 1. The molecule has 1 amide bonds. The van der Waals surface area contributed by atoms with Gasteiger partial charge in [-0.15, -0.1) is 0 Å².